The molecule has 3 aliphatic carbocycles. The maximum atomic E-state index is 11.8. The highest BCUT2D eigenvalue weighted by Crippen LogP contribution is 2.79. The first kappa shape index (κ1) is 16.1. The molecule has 0 unspecified atom stereocenters. The molecule has 0 N–H and O–H groups in total. The van der Waals surface area contributed by atoms with Crippen LogP contribution in [0, 0.1) is 23.7 Å². The van der Waals surface area contributed by atoms with Crippen LogP contribution in [0.2, 0.25) is 0 Å². The molecule has 6 atom stereocenters. The summed E-state index contributed by atoms with van der Waals surface area (Å²) in [5.41, 5.74) is 0. The van der Waals surface area contributed by atoms with E-state index in [9.17, 15) is 9.59 Å². The van der Waals surface area contributed by atoms with E-state index in [1.807, 2.05) is 0 Å². The molecule has 0 amide bonds. The van der Waals surface area contributed by atoms with E-state index in [-0.39, 0.29) is 21.9 Å². The minimum absolute atomic E-state index is 0.119. The van der Waals surface area contributed by atoms with Crippen LogP contribution >= 0.6 is 69.6 Å². The van der Waals surface area contributed by atoms with Crippen molar-refractivity contribution in [1.82, 2.24) is 0 Å². The Hall–Kier alpha value is 0.620. The maximum Gasteiger partial charge on any atom is 0.317 e. The lowest BCUT2D eigenvalue weighted by Crippen LogP contribution is -2.44. The van der Waals surface area contributed by atoms with E-state index in [4.69, 9.17) is 74.3 Å². The highest BCUT2D eigenvalue weighted by Gasteiger charge is 2.83. The van der Waals surface area contributed by atoms with Gasteiger partial charge < -0.3 is 4.74 Å². The second kappa shape index (κ2) is 4.42. The zero-order chi connectivity index (χ0) is 16.2. The second-order valence-corrected chi connectivity index (χ2v) is 9.54. The van der Waals surface area contributed by atoms with Gasteiger partial charge in [-0.3, -0.25) is 9.59 Å². The molecule has 2 bridgehead atoms. The van der Waals surface area contributed by atoms with Crippen LogP contribution in [0.15, 0.2) is 10.1 Å². The standard InChI is InChI=1S/C13H8Cl6O3/c14-7-8(15)12(17)6-2-4-3(9(20)22-10(4)21)1-5(6)11(7,16)13(12,18)19/h3-6H,1-2H2/t3-,4-,5-,6+,11-,12-/m1/s1. The van der Waals surface area contributed by atoms with Gasteiger partial charge in [-0.15, -0.1) is 23.2 Å². The lowest BCUT2D eigenvalue weighted by Gasteiger charge is -2.42. The number of allylic oxidation sites excluding steroid dienone is 2. The molecule has 2 saturated carbocycles. The number of hydrogen-bond donors (Lipinski definition) is 0. The molecule has 0 aromatic carbocycles. The van der Waals surface area contributed by atoms with Crippen LogP contribution < -0.4 is 0 Å². The van der Waals surface area contributed by atoms with E-state index in [2.05, 4.69) is 0 Å². The summed E-state index contributed by atoms with van der Waals surface area (Å²) in [6.07, 6.45) is 0.582. The van der Waals surface area contributed by atoms with E-state index in [1.54, 1.807) is 0 Å². The Labute approximate surface area is 156 Å². The van der Waals surface area contributed by atoms with Crippen LogP contribution in [-0.4, -0.2) is 26.0 Å². The predicted molar refractivity (Wildman–Crippen MR) is 84.6 cm³/mol. The Morgan fingerprint density at radius 2 is 1.18 bits per heavy atom. The van der Waals surface area contributed by atoms with E-state index in [0.29, 0.717) is 12.8 Å². The molecule has 9 heteroatoms. The van der Waals surface area contributed by atoms with Gasteiger partial charge >= 0.3 is 11.9 Å². The Bertz CT molecular complexity index is 608. The van der Waals surface area contributed by atoms with Crippen LogP contribution in [0.4, 0.5) is 0 Å². The lowest BCUT2D eigenvalue weighted by molar-refractivity contribution is -0.153. The molecule has 22 heavy (non-hydrogen) atoms. The summed E-state index contributed by atoms with van der Waals surface area (Å²) in [4.78, 5) is 20.9. The summed E-state index contributed by atoms with van der Waals surface area (Å²) < 4.78 is 3.10. The molecule has 3 nitrogen and oxygen atoms in total. The van der Waals surface area contributed by atoms with Gasteiger partial charge in [-0.05, 0) is 24.7 Å². The molecule has 4 rings (SSSR count). The third-order valence-electron chi connectivity index (χ3n) is 5.56. The quantitative estimate of drug-likeness (QED) is 0.333. The summed E-state index contributed by atoms with van der Waals surface area (Å²) in [6, 6.07) is 0. The molecule has 1 heterocycles. The molecule has 0 aromatic rings. The third-order valence-corrected chi connectivity index (χ3v) is 9.91. The van der Waals surface area contributed by atoms with E-state index in [0.717, 1.165) is 0 Å². The van der Waals surface area contributed by atoms with Gasteiger partial charge in [0.05, 0.1) is 21.9 Å². The predicted octanol–water partition coefficient (Wildman–Crippen LogP) is 4.17. The largest absolute Gasteiger partial charge is 0.393 e. The van der Waals surface area contributed by atoms with Crippen molar-refractivity contribution in [2.75, 3.05) is 0 Å². The number of ether oxygens (including phenoxy) is 1. The van der Waals surface area contributed by atoms with Gasteiger partial charge in [-0.25, -0.2) is 0 Å². The first-order chi connectivity index (χ1) is 10.1. The van der Waals surface area contributed by atoms with Gasteiger partial charge in [0, 0.05) is 0 Å². The van der Waals surface area contributed by atoms with Gasteiger partial charge in [0.25, 0.3) is 0 Å². The third kappa shape index (κ3) is 1.43. The number of esters is 2. The van der Waals surface area contributed by atoms with Crippen LogP contribution in [0.1, 0.15) is 12.8 Å². The van der Waals surface area contributed by atoms with Crippen molar-refractivity contribution in [3.63, 3.8) is 0 Å². The Kier molecular flexibility index (Phi) is 3.23. The topological polar surface area (TPSA) is 43.4 Å². The zero-order valence-electron chi connectivity index (χ0n) is 10.7. The molecule has 120 valence electrons. The first-order valence-corrected chi connectivity index (χ1v) is 8.92. The van der Waals surface area contributed by atoms with E-state index >= 15 is 0 Å². The number of cyclic esters (lactones) is 2. The Morgan fingerprint density at radius 1 is 0.818 bits per heavy atom. The minimum Gasteiger partial charge on any atom is -0.393 e. The smallest absolute Gasteiger partial charge is 0.317 e. The molecule has 1 saturated heterocycles. The normalized spacial score (nSPS) is 51.9. The van der Waals surface area contributed by atoms with Crippen molar-refractivity contribution in [2.24, 2.45) is 23.7 Å². The molecule has 1 aliphatic heterocycles. The van der Waals surface area contributed by atoms with Gasteiger partial charge in [0.1, 0.15) is 9.75 Å². The monoisotopic (exact) mass is 422 g/mol. The molecular weight excluding hydrogens is 417 g/mol. The second-order valence-electron chi connectivity index (χ2n) is 6.26. The van der Waals surface area contributed by atoms with Crippen molar-refractivity contribution < 1.29 is 14.3 Å². The number of alkyl halides is 4. The van der Waals surface area contributed by atoms with E-state index < -0.39 is 37.9 Å². The van der Waals surface area contributed by atoms with Crippen LogP contribution in [0.25, 0.3) is 0 Å². The fourth-order valence-corrected chi connectivity index (χ4v) is 7.61. The Balaban J connectivity index is 1.87. The summed E-state index contributed by atoms with van der Waals surface area (Å²) in [5.74, 6) is -2.93. The number of rotatable bonds is 0. The van der Waals surface area contributed by atoms with Gasteiger partial charge in [-0.1, -0.05) is 46.4 Å². The van der Waals surface area contributed by atoms with Crippen LogP contribution in [0.3, 0.4) is 0 Å². The fraction of sp³-hybridized carbons (Fsp3) is 0.692. The number of hydrogen-bond acceptors (Lipinski definition) is 3. The highest BCUT2D eigenvalue weighted by molar-refractivity contribution is 6.65. The highest BCUT2D eigenvalue weighted by atomic mass is 35.5. The number of halogens is 6. The van der Waals surface area contributed by atoms with Gasteiger partial charge in [-0.2, -0.15) is 0 Å². The summed E-state index contributed by atoms with van der Waals surface area (Å²) >= 11 is 39.0. The zero-order valence-corrected chi connectivity index (χ0v) is 15.3. The molecule has 3 fully saturated rings. The van der Waals surface area contributed by atoms with Gasteiger partial charge in [0.2, 0.25) is 0 Å². The van der Waals surface area contributed by atoms with Crippen LogP contribution in [0.5, 0.6) is 0 Å². The van der Waals surface area contributed by atoms with Crippen molar-refractivity contribution >= 4 is 81.5 Å². The summed E-state index contributed by atoms with van der Waals surface area (Å²) in [7, 11) is 0. The molecule has 0 aromatic heterocycles. The molecule has 0 spiro atoms. The lowest BCUT2D eigenvalue weighted by atomic mass is 9.65. The molecule has 4 aliphatic rings. The average molecular weight is 425 g/mol. The molecular formula is C13H8Cl6O3. The summed E-state index contributed by atoms with van der Waals surface area (Å²) in [6.45, 7) is 0. The summed E-state index contributed by atoms with van der Waals surface area (Å²) in [5, 5.41) is 0.237. The van der Waals surface area contributed by atoms with Gasteiger partial charge in [0.15, 0.2) is 4.33 Å². The number of carbonyl (C=O) groups is 2. The average Bonchev–Trinajstić information content (AvgIpc) is 2.85. The van der Waals surface area contributed by atoms with Crippen LogP contribution in [-0.2, 0) is 14.3 Å². The number of fused-ring (bicyclic) bond motifs is 6. The van der Waals surface area contributed by atoms with Crippen molar-refractivity contribution in [3.05, 3.63) is 10.1 Å². The minimum atomic E-state index is -1.63. The fourth-order valence-electron chi connectivity index (χ4n) is 4.51. The maximum absolute atomic E-state index is 11.8. The van der Waals surface area contributed by atoms with E-state index in [1.165, 1.54) is 0 Å². The Morgan fingerprint density at radius 3 is 1.55 bits per heavy atom. The SMILES string of the molecule is O=C1OC(=O)[C@@H]2C[C@H]3[C@@H](C[C@@H]12)[C@@]1(Cl)C(Cl)=C(Cl)[C@@]3(Cl)C1(Cl)Cl. The number of carbonyl (C=O) groups excluding carboxylic acids is 2. The van der Waals surface area contributed by atoms with Crippen molar-refractivity contribution in [2.45, 2.75) is 26.9 Å². The van der Waals surface area contributed by atoms with Crippen molar-refractivity contribution in [3.8, 4) is 0 Å². The molecule has 0 radical (unpaired) electrons. The van der Waals surface area contributed by atoms with Crippen molar-refractivity contribution in [1.29, 1.82) is 0 Å². The first-order valence-electron chi connectivity index (χ1n) is 6.65.